The molecule has 5 nitrogen and oxygen atoms in total. The number of rotatable bonds is 5. The van der Waals surface area contributed by atoms with Gasteiger partial charge in [-0.1, -0.05) is 13.0 Å². The Morgan fingerprint density at radius 1 is 1.54 bits per heavy atom. The summed E-state index contributed by atoms with van der Waals surface area (Å²) in [6, 6.07) is 0. The van der Waals surface area contributed by atoms with E-state index in [9.17, 15) is 4.79 Å². The quantitative estimate of drug-likeness (QED) is 0.316. The highest BCUT2D eigenvalue weighted by molar-refractivity contribution is 5.87. The van der Waals surface area contributed by atoms with Gasteiger partial charge < -0.3 is 20.6 Å². The van der Waals surface area contributed by atoms with E-state index in [1.807, 2.05) is 0 Å². The zero-order valence-corrected chi connectivity index (χ0v) is 7.47. The van der Waals surface area contributed by atoms with Crippen LogP contribution in [0.5, 0.6) is 0 Å². The molecule has 0 aromatic heterocycles. The van der Waals surface area contributed by atoms with Crippen molar-refractivity contribution in [2.45, 2.75) is 13.2 Å². The lowest BCUT2D eigenvalue weighted by molar-refractivity contribution is -0.116. The molecule has 0 aromatic rings. The standard InChI is InChI=1S/C8H15NO4/c1-6(8(12)13)2-3-7(11)9-4-5-10/h2-3,6,8,10,12-13H,4-5H2,1H3,(H,9,11). The van der Waals surface area contributed by atoms with Crippen LogP contribution in [0.3, 0.4) is 0 Å². The van der Waals surface area contributed by atoms with E-state index < -0.39 is 12.2 Å². The summed E-state index contributed by atoms with van der Waals surface area (Å²) in [5, 5.41) is 28.0. The van der Waals surface area contributed by atoms with Crippen LogP contribution in [0, 0.1) is 5.92 Å². The summed E-state index contributed by atoms with van der Waals surface area (Å²) in [7, 11) is 0. The van der Waals surface area contributed by atoms with Gasteiger partial charge in [0.2, 0.25) is 5.91 Å². The predicted octanol–water partition coefficient (Wildman–Crippen LogP) is -1.40. The molecular weight excluding hydrogens is 174 g/mol. The zero-order chi connectivity index (χ0) is 10.3. The summed E-state index contributed by atoms with van der Waals surface area (Å²) < 4.78 is 0. The van der Waals surface area contributed by atoms with Crippen LogP contribution in [-0.4, -0.2) is 40.7 Å². The molecule has 0 bridgehead atoms. The summed E-state index contributed by atoms with van der Waals surface area (Å²) in [6.07, 6.45) is 1.14. The molecule has 0 saturated heterocycles. The van der Waals surface area contributed by atoms with Crippen molar-refractivity contribution in [1.82, 2.24) is 5.32 Å². The Kier molecular flexibility index (Phi) is 6.13. The van der Waals surface area contributed by atoms with Crippen LogP contribution in [0.25, 0.3) is 0 Å². The van der Waals surface area contributed by atoms with Crippen molar-refractivity contribution in [3.05, 3.63) is 12.2 Å². The van der Waals surface area contributed by atoms with Crippen LogP contribution in [0.4, 0.5) is 0 Å². The number of aliphatic hydroxyl groups is 3. The molecule has 0 rings (SSSR count). The van der Waals surface area contributed by atoms with Gasteiger partial charge in [0, 0.05) is 12.5 Å². The molecule has 0 aliphatic carbocycles. The van der Waals surface area contributed by atoms with Gasteiger partial charge in [0.1, 0.15) is 0 Å². The smallest absolute Gasteiger partial charge is 0.243 e. The highest BCUT2D eigenvalue weighted by atomic mass is 16.5. The van der Waals surface area contributed by atoms with E-state index in [0.717, 1.165) is 0 Å². The lowest BCUT2D eigenvalue weighted by Gasteiger charge is -2.07. The maximum absolute atomic E-state index is 10.9. The van der Waals surface area contributed by atoms with Crippen molar-refractivity contribution in [3.63, 3.8) is 0 Å². The first kappa shape index (κ1) is 12.1. The Bertz CT molecular complexity index is 179. The van der Waals surface area contributed by atoms with Gasteiger partial charge in [-0.15, -0.1) is 0 Å². The molecule has 0 aromatic carbocycles. The predicted molar refractivity (Wildman–Crippen MR) is 46.6 cm³/mol. The van der Waals surface area contributed by atoms with E-state index in [1.54, 1.807) is 6.92 Å². The van der Waals surface area contributed by atoms with Gasteiger partial charge in [0.15, 0.2) is 6.29 Å². The second-order valence-corrected chi connectivity index (χ2v) is 2.65. The fourth-order valence-electron chi connectivity index (χ4n) is 0.577. The number of hydrogen-bond acceptors (Lipinski definition) is 4. The molecule has 0 radical (unpaired) electrons. The van der Waals surface area contributed by atoms with Crippen LogP contribution >= 0.6 is 0 Å². The van der Waals surface area contributed by atoms with Crippen molar-refractivity contribution in [3.8, 4) is 0 Å². The van der Waals surface area contributed by atoms with Gasteiger partial charge in [-0.05, 0) is 6.08 Å². The maximum Gasteiger partial charge on any atom is 0.243 e. The number of carbonyl (C=O) groups excluding carboxylic acids is 1. The summed E-state index contributed by atoms with van der Waals surface area (Å²) in [4.78, 5) is 10.9. The van der Waals surface area contributed by atoms with Crippen LogP contribution in [0.2, 0.25) is 0 Å². The van der Waals surface area contributed by atoms with E-state index in [1.165, 1.54) is 12.2 Å². The number of carbonyl (C=O) groups is 1. The average Bonchev–Trinajstić information content (AvgIpc) is 2.10. The first-order chi connectivity index (χ1) is 6.07. The highest BCUT2D eigenvalue weighted by Gasteiger charge is 2.06. The molecule has 0 aliphatic rings. The molecule has 4 N–H and O–H groups in total. The lowest BCUT2D eigenvalue weighted by Crippen LogP contribution is -2.24. The van der Waals surface area contributed by atoms with Gasteiger partial charge in [0.25, 0.3) is 0 Å². The second-order valence-electron chi connectivity index (χ2n) is 2.65. The molecular formula is C8H15NO4. The van der Waals surface area contributed by atoms with Crippen LogP contribution in [0.1, 0.15) is 6.92 Å². The van der Waals surface area contributed by atoms with E-state index in [4.69, 9.17) is 15.3 Å². The number of hydrogen-bond donors (Lipinski definition) is 4. The van der Waals surface area contributed by atoms with Crippen LogP contribution in [0.15, 0.2) is 12.2 Å². The third kappa shape index (κ3) is 6.27. The van der Waals surface area contributed by atoms with Crippen molar-refractivity contribution < 1.29 is 20.1 Å². The number of nitrogens with one attached hydrogen (secondary N) is 1. The molecule has 5 heteroatoms. The largest absolute Gasteiger partial charge is 0.395 e. The summed E-state index contributed by atoms with van der Waals surface area (Å²) >= 11 is 0. The molecule has 1 unspecified atom stereocenters. The van der Waals surface area contributed by atoms with Gasteiger partial charge in [-0.3, -0.25) is 4.79 Å². The van der Waals surface area contributed by atoms with E-state index in [0.29, 0.717) is 0 Å². The first-order valence-electron chi connectivity index (χ1n) is 4.01. The number of aliphatic hydroxyl groups excluding tert-OH is 2. The fourth-order valence-corrected chi connectivity index (χ4v) is 0.577. The average molecular weight is 189 g/mol. The third-order valence-electron chi connectivity index (χ3n) is 1.43. The van der Waals surface area contributed by atoms with Crippen molar-refractivity contribution in [2.75, 3.05) is 13.2 Å². The first-order valence-corrected chi connectivity index (χ1v) is 4.01. The van der Waals surface area contributed by atoms with E-state index in [2.05, 4.69) is 5.32 Å². The molecule has 13 heavy (non-hydrogen) atoms. The van der Waals surface area contributed by atoms with Gasteiger partial charge >= 0.3 is 0 Å². The van der Waals surface area contributed by atoms with E-state index in [-0.39, 0.29) is 19.1 Å². The molecule has 0 heterocycles. The third-order valence-corrected chi connectivity index (χ3v) is 1.43. The Labute approximate surface area is 76.7 Å². The lowest BCUT2D eigenvalue weighted by atomic mass is 10.1. The molecule has 1 amide bonds. The summed E-state index contributed by atoms with van der Waals surface area (Å²) in [6.45, 7) is 1.65. The van der Waals surface area contributed by atoms with Gasteiger partial charge in [-0.25, -0.2) is 0 Å². The normalized spacial score (nSPS) is 13.6. The SMILES string of the molecule is CC(C=CC(=O)NCCO)C(O)O. The molecule has 0 saturated carbocycles. The molecule has 76 valence electrons. The monoisotopic (exact) mass is 189 g/mol. The van der Waals surface area contributed by atoms with Crippen molar-refractivity contribution in [2.24, 2.45) is 5.92 Å². The molecule has 0 spiro atoms. The minimum Gasteiger partial charge on any atom is -0.395 e. The van der Waals surface area contributed by atoms with Crippen molar-refractivity contribution >= 4 is 5.91 Å². The molecule has 0 fully saturated rings. The Hall–Kier alpha value is -0.910. The Morgan fingerprint density at radius 2 is 2.15 bits per heavy atom. The minimum absolute atomic E-state index is 0.113. The fraction of sp³-hybridized carbons (Fsp3) is 0.625. The second kappa shape index (κ2) is 6.59. The maximum atomic E-state index is 10.9. The van der Waals surface area contributed by atoms with Gasteiger partial charge in [-0.2, -0.15) is 0 Å². The topological polar surface area (TPSA) is 89.8 Å². The zero-order valence-electron chi connectivity index (χ0n) is 7.47. The Morgan fingerprint density at radius 3 is 2.62 bits per heavy atom. The minimum atomic E-state index is -1.46. The van der Waals surface area contributed by atoms with Crippen LogP contribution < -0.4 is 5.32 Å². The highest BCUT2D eigenvalue weighted by Crippen LogP contribution is 2.00. The van der Waals surface area contributed by atoms with Gasteiger partial charge in [0.05, 0.1) is 6.61 Å². The molecule has 1 atom stereocenters. The van der Waals surface area contributed by atoms with Crippen molar-refractivity contribution in [1.29, 1.82) is 0 Å². The summed E-state index contributed by atoms with van der Waals surface area (Å²) in [5.41, 5.74) is 0. The van der Waals surface area contributed by atoms with E-state index >= 15 is 0 Å². The Balaban J connectivity index is 3.76. The molecule has 0 aliphatic heterocycles. The summed E-state index contributed by atoms with van der Waals surface area (Å²) in [5.74, 6) is -0.846. The number of amides is 1. The van der Waals surface area contributed by atoms with Crippen LogP contribution in [-0.2, 0) is 4.79 Å².